The van der Waals surface area contributed by atoms with Crippen molar-refractivity contribution < 1.29 is 4.79 Å². The van der Waals surface area contributed by atoms with Crippen molar-refractivity contribution in [2.24, 2.45) is 5.41 Å². The van der Waals surface area contributed by atoms with Crippen molar-refractivity contribution in [2.75, 3.05) is 13.1 Å². The molecule has 6 nitrogen and oxygen atoms in total. The normalized spacial score (nSPS) is 24.5. The van der Waals surface area contributed by atoms with Crippen LogP contribution in [-0.4, -0.2) is 44.1 Å². The summed E-state index contributed by atoms with van der Waals surface area (Å²) in [5.74, 6) is 2.88. The average Bonchev–Trinajstić information content (AvgIpc) is 3.18. The third kappa shape index (κ3) is 2.46. The maximum atomic E-state index is 12.9. The standard InChI is InChI=1S/C19H23N5O/c1-12-3-4-14(9-20-12)18(25)24-10-15(19(11-24)7-2-8-19)17-21-16(22-23-17)13-5-6-13/h3-4,9,13,15H,2,5-8,10-11H2,1H3,(H,21,22,23). The van der Waals surface area contributed by atoms with Crippen molar-refractivity contribution >= 4 is 5.91 Å². The van der Waals surface area contributed by atoms with Crippen LogP contribution in [0.2, 0.25) is 0 Å². The van der Waals surface area contributed by atoms with E-state index in [2.05, 4.69) is 15.2 Å². The van der Waals surface area contributed by atoms with Crippen LogP contribution in [0.3, 0.4) is 0 Å². The topological polar surface area (TPSA) is 74.8 Å². The summed E-state index contributed by atoms with van der Waals surface area (Å²) in [6, 6.07) is 3.78. The minimum Gasteiger partial charge on any atom is -0.337 e. The number of H-pyrrole nitrogens is 1. The number of hydrogen-bond acceptors (Lipinski definition) is 4. The van der Waals surface area contributed by atoms with Crippen molar-refractivity contribution in [3.05, 3.63) is 41.2 Å². The molecule has 6 heteroatoms. The lowest BCUT2D eigenvalue weighted by Crippen LogP contribution is -2.38. The van der Waals surface area contributed by atoms with Gasteiger partial charge >= 0.3 is 0 Å². The van der Waals surface area contributed by atoms with Gasteiger partial charge in [0.1, 0.15) is 5.82 Å². The molecule has 3 fully saturated rings. The van der Waals surface area contributed by atoms with Gasteiger partial charge in [-0.1, -0.05) is 6.42 Å². The monoisotopic (exact) mass is 337 g/mol. The smallest absolute Gasteiger partial charge is 0.255 e. The minimum atomic E-state index is 0.0863. The number of aryl methyl sites for hydroxylation is 1. The fourth-order valence-corrected chi connectivity index (χ4v) is 4.38. The molecule has 1 amide bonds. The molecule has 1 saturated heterocycles. The van der Waals surface area contributed by atoms with Crippen LogP contribution >= 0.6 is 0 Å². The third-order valence-corrected chi connectivity index (χ3v) is 6.24. The first kappa shape index (κ1) is 15.0. The lowest BCUT2D eigenvalue weighted by molar-refractivity contribution is 0.0723. The summed E-state index contributed by atoms with van der Waals surface area (Å²) in [6.07, 6.45) is 7.70. The number of likely N-dealkylation sites (tertiary alicyclic amines) is 1. The van der Waals surface area contributed by atoms with E-state index in [0.29, 0.717) is 11.5 Å². The Morgan fingerprint density at radius 3 is 2.80 bits per heavy atom. The van der Waals surface area contributed by atoms with E-state index in [1.165, 1.54) is 32.1 Å². The molecule has 25 heavy (non-hydrogen) atoms. The predicted molar refractivity (Wildman–Crippen MR) is 92.3 cm³/mol. The van der Waals surface area contributed by atoms with Crippen molar-refractivity contribution in [3.63, 3.8) is 0 Å². The summed E-state index contributed by atoms with van der Waals surface area (Å²) < 4.78 is 0. The van der Waals surface area contributed by atoms with Crippen LogP contribution in [0.5, 0.6) is 0 Å². The van der Waals surface area contributed by atoms with Gasteiger partial charge in [0, 0.05) is 36.8 Å². The second-order valence-corrected chi connectivity index (χ2v) is 8.00. The first-order chi connectivity index (χ1) is 12.1. The molecule has 0 bridgehead atoms. The fraction of sp³-hybridized carbons (Fsp3) is 0.579. The summed E-state index contributed by atoms with van der Waals surface area (Å²) in [4.78, 5) is 24.0. The van der Waals surface area contributed by atoms with Crippen molar-refractivity contribution in [1.29, 1.82) is 0 Å². The van der Waals surface area contributed by atoms with E-state index in [9.17, 15) is 4.79 Å². The average molecular weight is 337 g/mol. The maximum absolute atomic E-state index is 12.9. The molecular weight excluding hydrogens is 314 g/mol. The van der Waals surface area contributed by atoms with Crippen molar-refractivity contribution in [2.45, 2.75) is 50.9 Å². The van der Waals surface area contributed by atoms with Gasteiger partial charge in [-0.25, -0.2) is 4.98 Å². The number of pyridine rings is 1. The molecule has 5 rings (SSSR count). The summed E-state index contributed by atoms with van der Waals surface area (Å²) >= 11 is 0. The lowest BCUT2D eigenvalue weighted by Gasteiger charge is -2.41. The highest BCUT2D eigenvalue weighted by Gasteiger charge is 2.53. The van der Waals surface area contributed by atoms with Crippen LogP contribution in [0.15, 0.2) is 18.3 Å². The van der Waals surface area contributed by atoms with E-state index in [1.54, 1.807) is 6.20 Å². The highest BCUT2D eigenvalue weighted by Crippen LogP contribution is 2.55. The van der Waals surface area contributed by atoms with Crippen LogP contribution in [0.1, 0.15) is 71.6 Å². The summed E-state index contributed by atoms with van der Waals surface area (Å²) in [5.41, 5.74) is 1.80. The number of nitrogens with one attached hydrogen (secondary N) is 1. The summed E-state index contributed by atoms with van der Waals surface area (Å²) in [5, 5.41) is 7.62. The molecule has 2 aliphatic carbocycles. The molecule has 0 aromatic carbocycles. The maximum Gasteiger partial charge on any atom is 0.255 e. The molecule has 1 atom stereocenters. The first-order valence-electron chi connectivity index (χ1n) is 9.29. The number of carbonyl (C=O) groups excluding carboxylic acids is 1. The van der Waals surface area contributed by atoms with Gasteiger partial charge in [0.15, 0.2) is 5.82 Å². The fourth-order valence-electron chi connectivity index (χ4n) is 4.38. The molecule has 0 radical (unpaired) electrons. The Morgan fingerprint density at radius 2 is 2.16 bits per heavy atom. The highest BCUT2D eigenvalue weighted by molar-refractivity contribution is 5.94. The van der Waals surface area contributed by atoms with Crippen molar-refractivity contribution in [3.8, 4) is 0 Å². The van der Waals surface area contributed by atoms with Gasteiger partial charge in [-0.2, -0.15) is 5.10 Å². The lowest BCUT2D eigenvalue weighted by atomic mass is 9.62. The number of nitrogens with zero attached hydrogens (tertiary/aromatic N) is 4. The van der Waals surface area contributed by atoms with Crippen LogP contribution < -0.4 is 0 Å². The molecule has 2 saturated carbocycles. The molecule has 3 aliphatic rings. The van der Waals surface area contributed by atoms with Gasteiger partial charge in [0.2, 0.25) is 0 Å². The van der Waals surface area contributed by atoms with Gasteiger partial charge in [-0.3, -0.25) is 14.9 Å². The van der Waals surface area contributed by atoms with Gasteiger partial charge in [0.05, 0.1) is 5.56 Å². The zero-order valence-electron chi connectivity index (χ0n) is 14.5. The Balaban J connectivity index is 1.40. The SMILES string of the molecule is Cc1ccc(C(=O)N2CC(c3nc(C4CC4)n[nH]3)C3(CCC3)C2)cn1. The van der Waals surface area contributed by atoms with E-state index in [-0.39, 0.29) is 17.2 Å². The predicted octanol–water partition coefficient (Wildman–Crippen LogP) is 2.80. The first-order valence-corrected chi connectivity index (χ1v) is 9.29. The number of amides is 1. The molecule has 2 aromatic rings. The Morgan fingerprint density at radius 1 is 1.32 bits per heavy atom. The zero-order valence-corrected chi connectivity index (χ0v) is 14.5. The number of aromatic nitrogens is 4. The van der Waals surface area contributed by atoms with E-state index < -0.39 is 0 Å². The van der Waals surface area contributed by atoms with Gasteiger partial charge in [0.25, 0.3) is 5.91 Å². The molecule has 1 unspecified atom stereocenters. The number of rotatable bonds is 3. The van der Waals surface area contributed by atoms with E-state index in [0.717, 1.165) is 30.4 Å². The Labute approximate surface area is 147 Å². The number of aromatic amines is 1. The van der Waals surface area contributed by atoms with Gasteiger partial charge < -0.3 is 4.90 Å². The number of carbonyl (C=O) groups is 1. The number of hydrogen-bond donors (Lipinski definition) is 1. The van der Waals surface area contributed by atoms with Crippen LogP contribution in [-0.2, 0) is 0 Å². The largest absolute Gasteiger partial charge is 0.337 e. The highest BCUT2D eigenvalue weighted by atomic mass is 16.2. The second kappa shape index (κ2) is 5.38. The van der Waals surface area contributed by atoms with Gasteiger partial charge in [-0.15, -0.1) is 0 Å². The molecular formula is C19H23N5O. The van der Waals surface area contributed by atoms with Crippen LogP contribution in [0.25, 0.3) is 0 Å². The quantitative estimate of drug-likeness (QED) is 0.934. The summed E-state index contributed by atoms with van der Waals surface area (Å²) in [7, 11) is 0. The molecule has 1 N–H and O–H groups in total. The van der Waals surface area contributed by atoms with Crippen LogP contribution in [0.4, 0.5) is 0 Å². The minimum absolute atomic E-state index is 0.0863. The van der Waals surface area contributed by atoms with Crippen molar-refractivity contribution in [1.82, 2.24) is 25.1 Å². The Kier molecular flexibility index (Phi) is 3.24. The molecule has 1 spiro atoms. The Hall–Kier alpha value is -2.24. The van der Waals surface area contributed by atoms with Gasteiger partial charge in [-0.05, 0) is 50.2 Å². The molecule has 3 heterocycles. The van der Waals surface area contributed by atoms with E-state index in [4.69, 9.17) is 4.98 Å². The summed E-state index contributed by atoms with van der Waals surface area (Å²) in [6.45, 7) is 3.49. The molecule has 130 valence electrons. The Bertz CT molecular complexity index is 803. The zero-order chi connectivity index (χ0) is 17.0. The third-order valence-electron chi connectivity index (χ3n) is 6.24. The van der Waals surface area contributed by atoms with Crippen LogP contribution in [0, 0.1) is 12.3 Å². The van der Waals surface area contributed by atoms with E-state index >= 15 is 0 Å². The molecule has 1 aliphatic heterocycles. The van der Waals surface area contributed by atoms with E-state index in [1.807, 2.05) is 24.0 Å². The second-order valence-electron chi connectivity index (χ2n) is 8.00. The molecule has 2 aromatic heterocycles.